The zero-order chi connectivity index (χ0) is 6.20. The molecule has 0 aromatic heterocycles. The predicted octanol–water partition coefficient (Wildman–Crippen LogP) is 1.43. The fourth-order valence-electron chi connectivity index (χ4n) is 0.803. The van der Waals surface area contributed by atoms with Crippen LogP contribution in [-0.2, 0) is 4.74 Å². The topological polar surface area (TPSA) is 9.23 Å². The van der Waals surface area contributed by atoms with Crippen molar-refractivity contribution in [1.29, 1.82) is 0 Å². The molecule has 1 aliphatic rings. The first-order chi connectivity index (χ1) is 3.60. The van der Waals surface area contributed by atoms with E-state index in [0.29, 0.717) is 0 Å². The van der Waals surface area contributed by atoms with Crippen LogP contribution < -0.4 is 0 Å². The maximum Gasteiger partial charge on any atom is 0.273 e. The average molecular weight is 122 g/mol. The maximum absolute atomic E-state index is 12.1. The van der Waals surface area contributed by atoms with E-state index in [4.69, 9.17) is 0 Å². The van der Waals surface area contributed by atoms with Gasteiger partial charge in [-0.3, -0.25) is 0 Å². The minimum absolute atomic E-state index is 0.118. The Labute approximate surface area is 46.6 Å². The summed E-state index contributed by atoms with van der Waals surface area (Å²) >= 11 is 0. The van der Waals surface area contributed by atoms with Crippen LogP contribution in [0.4, 0.5) is 8.78 Å². The molecule has 1 nitrogen and oxygen atoms in total. The summed E-state index contributed by atoms with van der Waals surface area (Å²) in [5.74, 6) is -2.56. The van der Waals surface area contributed by atoms with E-state index in [9.17, 15) is 8.78 Å². The SMILES string of the molecule is CC1CC(F)(F)CO1. The van der Waals surface area contributed by atoms with Crippen molar-refractivity contribution in [1.82, 2.24) is 0 Å². The van der Waals surface area contributed by atoms with Crippen LogP contribution in [0.2, 0.25) is 0 Å². The molecule has 1 atom stereocenters. The fourth-order valence-corrected chi connectivity index (χ4v) is 0.803. The van der Waals surface area contributed by atoms with Gasteiger partial charge in [-0.05, 0) is 6.92 Å². The fraction of sp³-hybridized carbons (Fsp3) is 1.00. The van der Waals surface area contributed by atoms with Crippen molar-refractivity contribution in [3.05, 3.63) is 0 Å². The van der Waals surface area contributed by atoms with Crippen LogP contribution in [-0.4, -0.2) is 18.6 Å². The molecule has 48 valence electrons. The molecule has 0 saturated carbocycles. The van der Waals surface area contributed by atoms with Gasteiger partial charge in [0.2, 0.25) is 0 Å². The smallest absolute Gasteiger partial charge is 0.273 e. The van der Waals surface area contributed by atoms with Crippen LogP contribution in [0.15, 0.2) is 0 Å². The first-order valence-electron chi connectivity index (χ1n) is 2.60. The van der Waals surface area contributed by atoms with Crippen molar-refractivity contribution in [2.75, 3.05) is 6.61 Å². The van der Waals surface area contributed by atoms with Gasteiger partial charge in [-0.15, -0.1) is 0 Å². The van der Waals surface area contributed by atoms with Gasteiger partial charge in [0.05, 0.1) is 6.10 Å². The van der Waals surface area contributed by atoms with Crippen molar-refractivity contribution in [2.45, 2.75) is 25.4 Å². The van der Waals surface area contributed by atoms with Gasteiger partial charge in [-0.1, -0.05) is 0 Å². The summed E-state index contributed by atoms with van der Waals surface area (Å²) in [7, 11) is 0. The van der Waals surface area contributed by atoms with Gasteiger partial charge in [0.25, 0.3) is 5.92 Å². The Morgan fingerprint density at radius 2 is 2.25 bits per heavy atom. The van der Waals surface area contributed by atoms with Gasteiger partial charge in [0.1, 0.15) is 6.61 Å². The number of rotatable bonds is 0. The zero-order valence-electron chi connectivity index (χ0n) is 4.66. The molecule has 1 heterocycles. The highest BCUT2D eigenvalue weighted by Gasteiger charge is 2.38. The molecule has 1 fully saturated rings. The monoisotopic (exact) mass is 122 g/mol. The lowest BCUT2D eigenvalue weighted by Gasteiger charge is -2.01. The van der Waals surface area contributed by atoms with Crippen molar-refractivity contribution < 1.29 is 13.5 Å². The highest BCUT2D eigenvalue weighted by molar-refractivity contribution is 4.75. The molecule has 1 aliphatic heterocycles. The first kappa shape index (κ1) is 5.95. The van der Waals surface area contributed by atoms with Gasteiger partial charge < -0.3 is 4.74 Å². The molecular formula is C5H8F2O. The van der Waals surface area contributed by atoms with Gasteiger partial charge >= 0.3 is 0 Å². The molecule has 1 saturated heterocycles. The number of hydrogen-bond acceptors (Lipinski definition) is 1. The minimum atomic E-state index is -2.56. The predicted molar refractivity (Wildman–Crippen MR) is 25.0 cm³/mol. The van der Waals surface area contributed by atoms with Crippen LogP contribution in [0.5, 0.6) is 0 Å². The first-order valence-corrected chi connectivity index (χ1v) is 2.60. The molecule has 0 aliphatic carbocycles. The molecule has 3 heteroatoms. The Bertz CT molecular complexity index is 92.4. The molecule has 0 spiro atoms. The molecule has 0 amide bonds. The third kappa shape index (κ3) is 1.15. The maximum atomic E-state index is 12.1. The Morgan fingerprint density at radius 1 is 1.62 bits per heavy atom. The van der Waals surface area contributed by atoms with Crippen LogP contribution in [0.3, 0.4) is 0 Å². The van der Waals surface area contributed by atoms with E-state index in [1.807, 2.05) is 0 Å². The summed E-state index contributed by atoms with van der Waals surface area (Å²) in [4.78, 5) is 0. The summed E-state index contributed by atoms with van der Waals surface area (Å²) in [6, 6.07) is 0. The normalized spacial score (nSPS) is 35.6. The Kier molecular flexibility index (Phi) is 1.23. The zero-order valence-corrected chi connectivity index (χ0v) is 4.66. The van der Waals surface area contributed by atoms with E-state index in [0.717, 1.165) is 0 Å². The van der Waals surface area contributed by atoms with E-state index < -0.39 is 12.5 Å². The third-order valence-electron chi connectivity index (χ3n) is 1.17. The summed E-state index contributed by atoms with van der Waals surface area (Å²) in [6.45, 7) is 1.26. The molecule has 0 aromatic carbocycles. The molecule has 0 N–H and O–H groups in total. The largest absolute Gasteiger partial charge is 0.372 e. The molecular weight excluding hydrogens is 114 g/mol. The number of alkyl halides is 2. The second-order valence-electron chi connectivity index (χ2n) is 2.18. The Hall–Kier alpha value is -0.180. The lowest BCUT2D eigenvalue weighted by molar-refractivity contribution is -0.00948. The van der Waals surface area contributed by atoms with Gasteiger partial charge in [0, 0.05) is 6.42 Å². The Morgan fingerprint density at radius 3 is 2.38 bits per heavy atom. The highest BCUT2D eigenvalue weighted by Crippen LogP contribution is 2.28. The molecule has 0 radical (unpaired) electrons. The lowest BCUT2D eigenvalue weighted by atomic mass is 10.2. The number of ether oxygens (including phenoxy) is 1. The van der Waals surface area contributed by atoms with Crippen LogP contribution in [0.25, 0.3) is 0 Å². The Balaban J connectivity index is 2.44. The summed E-state index contributed by atoms with van der Waals surface area (Å²) in [5.41, 5.74) is 0. The summed E-state index contributed by atoms with van der Waals surface area (Å²) in [5, 5.41) is 0. The molecule has 1 rings (SSSR count). The van der Waals surface area contributed by atoms with Crippen molar-refractivity contribution in [3.63, 3.8) is 0 Å². The second kappa shape index (κ2) is 1.65. The minimum Gasteiger partial charge on any atom is -0.372 e. The summed E-state index contributed by atoms with van der Waals surface area (Å²) in [6.07, 6.45) is -0.377. The van der Waals surface area contributed by atoms with E-state index >= 15 is 0 Å². The van der Waals surface area contributed by atoms with Crippen molar-refractivity contribution >= 4 is 0 Å². The summed E-state index contributed by atoms with van der Waals surface area (Å²) < 4.78 is 28.8. The van der Waals surface area contributed by atoms with Gasteiger partial charge in [0.15, 0.2) is 0 Å². The molecule has 0 bridgehead atoms. The second-order valence-corrected chi connectivity index (χ2v) is 2.18. The van der Waals surface area contributed by atoms with E-state index in [1.165, 1.54) is 0 Å². The van der Waals surface area contributed by atoms with E-state index in [1.54, 1.807) is 6.92 Å². The van der Waals surface area contributed by atoms with Crippen LogP contribution in [0, 0.1) is 0 Å². The van der Waals surface area contributed by atoms with Crippen LogP contribution in [0.1, 0.15) is 13.3 Å². The quantitative estimate of drug-likeness (QED) is 0.472. The highest BCUT2D eigenvalue weighted by atomic mass is 19.3. The number of halogens is 2. The van der Waals surface area contributed by atoms with E-state index in [2.05, 4.69) is 4.74 Å². The van der Waals surface area contributed by atoms with Gasteiger partial charge in [-0.25, -0.2) is 8.78 Å². The number of hydrogen-bond donors (Lipinski definition) is 0. The van der Waals surface area contributed by atoms with E-state index in [-0.39, 0.29) is 12.5 Å². The molecule has 8 heavy (non-hydrogen) atoms. The molecule has 1 unspecified atom stereocenters. The van der Waals surface area contributed by atoms with Crippen molar-refractivity contribution in [3.8, 4) is 0 Å². The van der Waals surface area contributed by atoms with Crippen LogP contribution >= 0.6 is 0 Å². The lowest BCUT2D eigenvalue weighted by Crippen LogP contribution is -2.14. The van der Waals surface area contributed by atoms with Gasteiger partial charge in [-0.2, -0.15) is 0 Å². The molecule has 0 aromatic rings. The van der Waals surface area contributed by atoms with Crippen molar-refractivity contribution in [2.24, 2.45) is 0 Å². The standard InChI is InChI=1S/C5H8F2O/c1-4-2-5(6,7)3-8-4/h4H,2-3H2,1H3. The third-order valence-corrected chi connectivity index (χ3v) is 1.17. The average Bonchev–Trinajstić information content (AvgIpc) is 1.82.